The van der Waals surface area contributed by atoms with Crippen molar-refractivity contribution in [2.45, 2.75) is 24.2 Å². The number of para-hydroxylation sites is 1. The third kappa shape index (κ3) is 3.32. The molecule has 7 rings (SSSR count). The number of carbonyl (C=O) groups is 2. The zero-order valence-corrected chi connectivity index (χ0v) is 22.1. The van der Waals surface area contributed by atoms with E-state index in [2.05, 4.69) is 30.8 Å². The Morgan fingerprint density at radius 1 is 1.05 bits per heavy atom. The summed E-state index contributed by atoms with van der Waals surface area (Å²) in [5, 5.41) is 9.72. The van der Waals surface area contributed by atoms with E-state index < -0.39 is 10.8 Å². The third-order valence-corrected chi connectivity index (χ3v) is 9.39. The van der Waals surface area contributed by atoms with Crippen LogP contribution in [-0.4, -0.2) is 44.1 Å². The van der Waals surface area contributed by atoms with E-state index >= 15 is 0 Å². The lowest BCUT2D eigenvalue weighted by Gasteiger charge is -2.59. The summed E-state index contributed by atoms with van der Waals surface area (Å²) in [6.45, 7) is 4.78. The van der Waals surface area contributed by atoms with Crippen molar-refractivity contribution in [1.82, 2.24) is 4.90 Å². The van der Waals surface area contributed by atoms with Crippen LogP contribution in [0.15, 0.2) is 79.4 Å². The number of likely N-dealkylation sites (tertiary alicyclic amines) is 1. The average molecular weight is 519 g/mol. The summed E-state index contributed by atoms with van der Waals surface area (Å²) in [7, 11) is 3.00. The average Bonchev–Trinajstić information content (AvgIpc) is 3.44. The molecule has 1 heterocycles. The molecule has 3 aromatic rings. The summed E-state index contributed by atoms with van der Waals surface area (Å²) in [4.78, 5) is 29.7. The molecule has 4 unspecified atom stereocenters. The van der Waals surface area contributed by atoms with E-state index in [1.54, 1.807) is 18.1 Å². The SMILES string of the molecule is C=C(C(=O)N1CC2C3(c4cccc(C#N)c4)CCC(c4ccccc43)C2(C(=O)OC)C1)c1ccccc1OC. The van der Waals surface area contributed by atoms with Crippen LogP contribution < -0.4 is 4.74 Å². The molecule has 3 aromatic carbocycles. The molecule has 1 amide bonds. The second-order valence-electron chi connectivity index (χ2n) is 10.8. The van der Waals surface area contributed by atoms with Crippen molar-refractivity contribution in [1.29, 1.82) is 5.26 Å². The van der Waals surface area contributed by atoms with Crippen molar-refractivity contribution in [3.8, 4) is 11.8 Å². The predicted molar refractivity (Wildman–Crippen MR) is 147 cm³/mol. The molecule has 6 heteroatoms. The second kappa shape index (κ2) is 9.13. The molecule has 2 bridgehead atoms. The Morgan fingerprint density at radius 2 is 1.82 bits per heavy atom. The van der Waals surface area contributed by atoms with Crippen LogP contribution in [0.3, 0.4) is 0 Å². The van der Waals surface area contributed by atoms with E-state index in [4.69, 9.17) is 9.47 Å². The number of rotatable bonds is 5. The Morgan fingerprint density at radius 3 is 2.59 bits per heavy atom. The molecule has 0 spiro atoms. The summed E-state index contributed by atoms with van der Waals surface area (Å²) in [6, 6.07) is 25.7. The highest BCUT2D eigenvalue weighted by molar-refractivity contribution is 6.19. The lowest BCUT2D eigenvalue weighted by molar-refractivity contribution is -0.161. The zero-order chi connectivity index (χ0) is 27.4. The number of esters is 1. The number of nitrogens with zero attached hydrogens (tertiary/aromatic N) is 2. The number of hydrogen-bond acceptors (Lipinski definition) is 5. The van der Waals surface area contributed by atoms with Gasteiger partial charge in [0.25, 0.3) is 5.91 Å². The summed E-state index contributed by atoms with van der Waals surface area (Å²) >= 11 is 0. The van der Waals surface area contributed by atoms with Crippen molar-refractivity contribution in [2.75, 3.05) is 27.3 Å². The van der Waals surface area contributed by atoms with Crippen molar-refractivity contribution in [2.24, 2.45) is 11.3 Å². The van der Waals surface area contributed by atoms with Gasteiger partial charge in [-0.05, 0) is 47.7 Å². The normalized spacial score (nSPS) is 26.2. The molecule has 3 aliphatic carbocycles. The number of benzene rings is 3. The number of fused-ring (bicyclic) bond motifs is 1. The highest BCUT2D eigenvalue weighted by Crippen LogP contribution is 2.69. The van der Waals surface area contributed by atoms with E-state index in [1.165, 1.54) is 12.7 Å². The molecule has 6 nitrogen and oxygen atoms in total. The van der Waals surface area contributed by atoms with E-state index in [0.29, 0.717) is 29.0 Å². The second-order valence-corrected chi connectivity index (χ2v) is 10.8. The number of nitriles is 1. The fourth-order valence-electron chi connectivity index (χ4n) is 7.85. The van der Waals surface area contributed by atoms with Crippen LogP contribution in [0, 0.1) is 22.7 Å². The summed E-state index contributed by atoms with van der Waals surface area (Å²) < 4.78 is 11.0. The van der Waals surface area contributed by atoms with Crippen LogP contribution in [0.4, 0.5) is 0 Å². The Balaban J connectivity index is 1.52. The standard InChI is InChI=1S/C33H30N2O4/c1-21(24-11-5-7-14-28(24)38-2)30(36)35-19-29-32(23-10-8-9-22(17-23)18-34)16-15-27(25-12-4-6-13-26(25)32)33(29,20-35)31(37)39-3/h4-14,17,27,29H,1,15-16,19-20H2,2-3H3. The maximum Gasteiger partial charge on any atom is 0.314 e. The van der Waals surface area contributed by atoms with Crippen molar-refractivity contribution >= 4 is 17.4 Å². The molecule has 2 fully saturated rings. The largest absolute Gasteiger partial charge is 0.496 e. The lowest BCUT2D eigenvalue weighted by atomic mass is 9.42. The van der Waals surface area contributed by atoms with Crippen LogP contribution in [0.1, 0.15) is 46.6 Å². The number of methoxy groups -OCH3 is 2. The number of carbonyl (C=O) groups excluding carboxylic acids is 2. The van der Waals surface area contributed by atoms with Crippen LogP contribution in [0.25, 0.3) is 5.57 Å². The van der Waals surface area contributed by atoms with Gasteiger partial charge in [0.2, 0.25) is 0 Å². The minimum absolute atomic E-state index is 0.0792. The van der Waals surface area contributed by atoms with Crippen LogP contribution in [0.5, 0.6) is 5.75 Å². The molecule has 0 aromatic heterocycles. The summed E-state index contributed by atoms with van der Waals surface area (Å²) in [6.07, 6.45) is 1.61. The van der Waals surface area contributed by atoms with Crippen LogP contribution in [-0.2, 0) is 19.7 Å². The first-order valence-electron chi connectivity index (χ1n) is 13.2. The zero-order valence-electron chi connectivity index (χ0n) is 22.1. The van der Waals surface area contributed by atoms with Gasteiger partial charge in [0, 0.05) is 41.5 Å². The van der Waals surface area contributed by atoms with Gasteiger partial charge in [-0.3, -0.25) is 9.59 Å². The van der Waals surface area contributed by atoms with E-state index in [1.807, 2.05) is 48.5 Å². The molecule has 4 aliphatic rings. The minimum atomic E-state index is -0.916. The maximum absolute atomic E-state index is 14.0. The molecular formula is C33H30N2O4. The number of amides is 1. The van der Waals surface area contributed by atoms with E-state index in [0.717, 1.165) is 24.0 Å². The van der Waals surface area contributed by atoms with E-state index in [9.17, 15) is 14.9 Å². The first-order valence-corrected chi connectivity index (χ1v) is 13.2. The van der Waals surface area contributed by atoms with Crippen LogP contribution in [0.2, 0.25) is 0 Å². The van der Waals surface area contributed by atoms with Gasteiger partial charge in [0.1, 0.15) is 5.75 Å². The first kappa shape index (κ1) is 24.9. The summed E-state index contributed by atoms with van der Waals surface area (Å²) in [5.74, 6) is -0.237. The highest BCUT2D eigenvalue weighted by atomic mass is 16.5. The maximum atomic E-state index is 14.0. The Kier molecular flexibility index (Phi) is 5.84. The smallest absolute Gasteiger partial charge is 0.314 e. The summed E-state index contributed by atoms with van der Waals surface area (Å²) in [5.41, 5.74) is 3.39. The quantitative estimate of drug-likeness (QED) is 0.348. The van der Waals surface area contributed by atoms with Crippen molar-refractivity contribution in [3.05, 3.63) is 107 Å². The molecule has 0 N–H and O–H groups in total. The van der Waals surface area contributed by atoms with E-state index in [-0.39, 0.29) is 30.3 Å². The van der Waals surface area contributed by atoms with Gasteiger partial charge < -0.3 is 14.4 Å². The van der Waals surface area contributed by atoms with Crippen LogP contribution >= 0.6 is 0 Å². The Labute approximate surface area is 228 Å². The Hall–Kier alpha value is -4.37. The van der Waals surface area contributed by atoms with Gasteiger partial charge in [-0.2, -0.15) is 5.26 Å². The monoisotopic (exact) mass is 518 g/mol. The minimum Gasteiger partial charge on any atom is -0.496 e. The molecule has 1 aliphatic heterocycles. The fourth-order valence-corrected chi connectivity index (χ4v) is 7.85. The van der Waals surface area contributed by atoms with Gasteiger partial charge in [0.15, 0.2) is 0 Å². The lowest BCUT2D eigenvalue weighted by Crippen LogP contribution is -2.60. The molecule has 39 heavy (non-hydrogen) atoms. The van der Waals surface area contributed by atoms with Gasteiger partial charge in [-0.15, -0.1) is 0 Å². The van der Waals surface area contributed by atoms with Gasteiger partial charge in [-0.25, -0.2) is 0 Å². The molecule has 1 saturated carbocycles. The first-order chi connectivity index (χ1) is 18.9. The number of ether oxygens (including phenoxy) is 2. The molecular weight excluding hydrogens is 488 g/mol. The predicted octanol–water partition coefficient (Wildman–Crippen LogP) is 5.08. The highest BCUT2D eigenvalue weighted by Gasteiger charge is 2.71. The number of hydrogen-bond donors (Lipinski definition) is 0. The van der Waals surface area contributed by atoms with Gasteiger partial charge in [0.05, 0.1) is 31.3 Å². The Bertz CT molecular complexity index is 1550. The van der Waals surface area contributed by atoms with Crippen molar-refractivity contribution < 1.29 is 19.1 Å². The molecule has 196 valence electrons. The molecule has 1 saturated heterocycles. The van der Waals surface area contributed by atoms with Gasteiger partial charge in [-0.1, -0.05) is 61.2 Å². The van der Waals surface area contributed by atoms with Gasteiger partial charge >= 0.3 is 5.97 Å². The topological polar surface area (TPSA) is 79.6 Å². The van der Waals surface area contributed by atoms with Crippen molar-refractivity contribution in [3.63, 3.8) is 0 Å². The fraction of sp³-hybridized carbons (Fsp3) is 0.303. The third-order valence-electron chi connectivity index (χ3n) is 9.39. The molecule has 0 radical (unpaired) electrons. The molecule has 4 atom stereocenters.